The molecule has 4 heteroatoms. The maximum atomic E-state index is 11.9. The number of rotatable bonds is 1. The second kappa shape index (κ2) is 2.92. The minimum absolute atomic E-state index is 0.148. The minimum Gasteiger partial charge on any atom is -0.188 e. The molecule has 0 bridgehead atoms. The largest absolute Gasteiger partial charge is 0.332 e. The van der Waals surface area contributed by atoms with Gasteiger partial charge in [0.2, 0.25) is 0 Å². The van der Waals surface area contributed by atoms with Crippen LogP contribution in [0.15, 0.2) is 10.6 Å². The van der Waals surface area contributed by atoms with Crippen LogP contribution in [0, 0.1) is 0 Å². The molecule has 0 heterocycles. The lowest BCUT2D eigenvalue weighted by molar-refractivity contribution is 0.168. The van der Waals surface area contributed by atoms with Crippen molar-refractivity contribution in [3.05, 3.63) is 10.6 Å². The molecule has 48 valence electrons. The van der Waals surface area contributed by atoms with E-state index in [-0.39, 0.29) is 4.48 Å². The van der Waals surface area contributed by atoms with Crippen LogP contribution >= 0.6 is 31.9 Å². The summed E-state index contributed by atoms with van der Waals surface area (Å²) in [4.78, 5) is -2.90. The van der Waals surface area contributed by atoms with Gasteiger partial charge < -0.3 is 0 Å². The summed E-state index contributed by atoms with van der Waals surface area (Å²) in [7, 11) is 0. The molecule has 0 aromatic rings. The second-order valence-corrected chi connectivity index (χ2v) is 2.98. The quantitative estimate of drug-likeness (QED) is 0.626. The van der Waals surface area contributed by atoms with Crippen molar-refractivity contribution in [2.45, 2.75) is 11.8 Å². The van der Waals surface area contributed by atoms with E-state index in [0.29, 0.717) is 0 Å². The van der Waals surface area contributed by atoms with Gasteiger partial charge in [-0.1, -0.05) is 6.08 Å². The van der Waals surface area contributed by atoms with E-state index in [2.05, 4.69) is 31.9 Å². The van der Waals surface area contributed by atoms with Gasteiger partial charge in [0, 0.05) is 0 Å². The number of allylic oxidation sites excluding steroid dienone is 2. The zero-order chi connectivity index (χ0) is 6.78. The first-order chi connectivity index (χ1) is 3.48. The molecule has 0 radical (unpaired) electrons. The zero-order valence-electron chi connectivity index (χ0n) is 4.09. The molecule has 0 aromatic heterocycles. The van der Waals surface area contributed by atoms with Crippen LogP contribution in [0.5, 0.6) is 0 Å². The van der Waals surface area contributed by atoms with E-state index in [1.165, 1.54) is 13.0 Å². The lowest BCUT2D eigenvalue weighted by Crippen LogP contribution is -2.02. The molecule has 0 aliphatic carbocycles. The molecule has 0 nitrogen and oxygen atoms in total. The Labute approximate surface area is 63.2 Å². The normalized spacial score (nSPS) is 14.4. The summed E-state index contributed by atoms with van der Waals surface area (Å²) in [6.07, 6.45) is 1.29. The molecule has 0 aromatic carbocycles. The fourth-order valence-electron chi connectivity index (χ4n) is 0.164. The smallest absolute Gasteiger partial charge is 0.188 e. The van der Waals surface area contributed by atoms with Crippen LogP contribution in [0.25, 0.3) is 0 Å². The highest BCUT2D eigenvalue weighted by Gasteiger charge is 2.26. The van der Waals surface area contributed by atoms with E-state index in [4.69, 9.17) is 0 Å². The fourth-order valence-corrected chi connectivity index (χ4v) is 0.393. The van der Waals surface area contributed by atoms with Gasteiger partial charge >= 0.3 is 4.83 Å². The Morgan fingerprint density at radius 1 is 1.62 bits per heavy atom. The van der Waals surface area contributed by atoms with Crippen LogP contribution in [0.3, 0.4) is 0 Å². The Hall–Kier alpha value is 0.560. The molecule has 0 aliphatic heterocycles. The van der Waals surface area contributed by atoms with Crippen LogP contribution in [0.1, 0.15) is 6.92 Å². The molecule has 0 saturated carbocycles. The van der Waals surface area contributed by atoms with Crippen molar-refractivity contribution in [1.29, 1.82) is 0 Å². The van der Waals surface area contributed by atoms with Gasteiger partial charge in [-0.2, -0.15) is 8.78 Å². The molecule has 0 saturated heterocycles. The van der Waals surface area contributed by atoms with Crippen molar-refractivity contribution in [1.82, 2.24) is 0 Å². The highest BCUT2D eigenvalue weighted by Crippen LogP contribution is 2.34. The molecule has 8 heavy (non-hydrogen) atoms. The van der Waals surface area contributed by atoms with Crippen LogP contribution in [-0.4, -0.2) is 4.83 Å². The average molecular weight is 250 g/mol. The first kappa shape index (κ1) is 8.56. The molecular formula is C4H4Br2F2. The van der Waals surface area contributed by atoms with E-state index >= 15 is 0 Å². The van der Waals surface area contributed by atoms with E-state index in [1.807, 2.05) is 0 Å². The van der Waals surface area contributed by atoms with Gasteiger partial charge in [0.15, 0.2) is 0 Å². The first-order valence-electron chi connectivity index (χ1n) is 1.87. The molecular weight excluding hydrogens is 246 g/mol. The summed E-state index contributed by atoms with van der Waals surface area (Å²) in [5, 5.41) is 0. The Bertz CT molecular complexity index is 103. The Morgan fingerprint density at radius 2 is 2.00 bits per heavy atom. The summed E-state index contributed by atoms with van der Waals surface area (Å²) < 4.78 is 23.7. The Kier molecular flexibility index (Phi) is 3.12. The highest BCUT2D eigenvalue weighted by atomic mass is 79.9. The van der Waals surface area contributed by atoms with Gasteiger partial charge in [0.05, 0.1) is 4.48 Å². The number of hydrogen-bond donors (Lipinski definition) is 0. The maximum absolute atomic E-state index is 11.9. The predicted octanol–water partition coefficient (Wildman–Crippen LogP) is 3.27. The minimum atomic E-state index is -2.90. The second-order valence-electron chi connectivity index (χ2n) is 1.13. The van der Waals surface area contributed by atoms with Gasteiger partial charge in [0.25, 0.3) is 0 Å². The topological polar surface area (TPSA) is 0 Å². The lowest BCUT2D eigenvalue weighted by Gasteiger charge is -2.03. The first-order valence-corrected chi connectivity index (χ1v) is 3.46. The zero-order valence-corrected chi connectivity index (χ0v) is 7.26. The third-order valence-electron chi connectivity index (χ3n) is 0.524. The summed E-state index contributed by atoms with van der Waals surface area (Å²) in [5.41, 5.74) is 0. The summed E-state index contributed by atoms with van der Waals surface area (Å²) >= 11 is 4.82. The molecule has 0 atom stereocenters. The van der Waals surface area contributed by atoms with Crippen LogP contribution in [0.2, 0.25) is 0 Å². The molecule has 0 amide bonds. The lowest BCUT2D eigenvalue weighted by atomic mass is 10.5. The van der Waals surface area contributed by atoms with Crippen molar-refractivity contribution >= 4 is 31.9 Å². The molecule has 0 N–H and O–H groups in total. The van der Waals surface area contributed by atoms with E-state index < -0.39 is 4.83 Å². The van der Waals surface area contributed by atoms with Crippen molar-refractivity contribution < 1.29 is 8.78 Å². The van der Waals surface area contributed by atoms with Crippen molar-refractivity contribution in [2.75, 3.05) is 0 Å². The van der Waals surface area contributed by atoms with Gasteiger partial charge in [0.1, 0.15) is 0 Å². The van der Waals surface area contributed by atoms with Gasteiger partial charge in [-0.25, -0.2) is 0 Å². The van der Waals surface area contributed by atoms with Gasteiger partial charge in [-0.05, 0) is 38.8 Å². The van der Waals surface area contributed by atoms with Crippen LogP contribution in [-0.2, 0) is 0 Å². The molecule has 0 spiro atoms. The van der Waals surface area contributed by atoms with Crippen LogP contribution < -0.4 is 0 Å². The number of hydrogen-bond acceptors (Lipinski definition) is 0. The summed E-state index contributed by atoms with van der Waals surface area (Å²) in [6, 6.07) is 0. The monoisotopic (exact) mass is 248 g/mol. The molecule has 0 unspecified atom stereocenters. The van der Waals surface area contributed by atoms with Gasteiger partial charge in [-0.15, -0.1) is 0 Å². The molecule has 0 rings (SSSR count). The predicted molar refractivity (Wildman–Crippen MR) is 36.6 cm³/mol. The van der Waals surface area contributed by atoms with E-state index in [0.717, 1.165) is 0 Å². The molecule has 0 fully saturated rings. The Balaban J connectivity index is 4.03. The highest BCUT2D eigenvalue weighted by molar-refractivity contribution is 9.14. The SMILES string of the molecule is CC=C(Br)C(F)(F)Br. The molecule has 0 aliphatic rings. The number of alkyl halides is 3. The van der Waals surface area contributed by atoms with Crippen molar-refractivity contribution in [3.8, 4) is 0 Å². The number of halogens is 4. The third-order valence-corrected chi connectivity index (χ3v) is 2.44. The van der Waals surface area contributed by atoms with Crippen molar-refractivity contribution in [2.24, 2.45) is 0 Å². The van der Waals surface area contributed by atoms with Crippen molar-refractivity contribution in [3.63, 3.8) is 0 Å². The standard InChI is InChI=1S/C4H4Br2F2/c1-2-3(5)4(6,7)8/h2H,1H3. The third kappa shape index (κ3) is 2.77. The summed E-state index contributed by atoms with van der Waals surface area (Å²) in [5.74, 6) is 0. The van der Waals surface area contributed by atoms with Gasteiger partial charge in [-0.3, -0.25) is 0 Å². The summed E-state index contributed by atoms with van der Waals surface area (Å²) in [6.45, 7) is 1.53. The van der Waals surface area contributed by atoms with E-state index in [9.17, 15) is 8.78 Å². The average Bonchev–Trinajstić information content (AvgIpc) is 1.62. The van der Waals surface area contributed by atoms with E-state index in [1.54, 1.807) is 0 Å². The fraction of sp³-hybridized carbons (Fsp3) is 0.500. The maximum Gasteiger partial charge on any atom is 0.332 e. The Morgan fingerprint density at radius 3 is 2.00 bits per heavy atom. The van der Waals surface area contributed by atoms with Crippen LogP contribution in [0.4, 0.5) is 8.78 Å².